The van der Waals surface area contributed by atoms with Crippen LogP contribution in [0, 0.1) is 0 Å². The number of carboxylic acid groups (broad SMARTS) is 1. The van der Waals surface area contributed by atoms with Gasteiger partial charge in [0.25, 0.3) is 0 Å². The third-order valence-electron chi connectivity index (χ3n) is 2.63. The molecule has 0 aliphatic heterocycles. The van der Waals surface area contributed by atoms with Gasteiger partial charge in [0.05, 0.1) is 0 Å². The Morgan fingerprint density at radius 1 is 0.905 bits per heavy atom. The lowest BCUT2D eigenvalue weighted by Gasteiger charge is -2.07. The first-order valence-electron chi connectivity index (χ1n) is 6.07. The molecule has 2 aromatic rings. The van der Waals surface area contributed by atoms with Gasteiger partial charge in [-0.1, -0.05) is 5.16 Å². The summed E-state index contributed by atoms with van der Waals surface area (Å²) in [6, 6.07) is 12.5. The Kier molecular flexibility index (Phi) is 4.40. The normalized spacial score (nSPS) is 9.90. The summed E-state index contributed by atoms with van der Waals surface area (Å²) in [5.41, 5.74) is 1.68. The van der Waals surface area contributed by atoms with Crippen LogP contribution in [0.2, 0.25) is 0 Å². The Balaban J connectivity index is 2.36. The minimum absolute atomic E-state index is 0.107. The minimum atomic E-state index is -1.13. The second-order valence-corrected chi connectivity index (χ2v) is 4.20. The summed E-state index contributed by atoms with van der Waals surface area (Å²) < 4.78 is 0. The lowest BCUT2D eigenvalue weighted by molar-refractivity contribution is -0.142. The van der Waals surface area contributed by atoms with Gasteiger partial charge in [0.2, 0.25) is 6.61 Å². The number of hydrogen-bond donors (Lipinski definition) is 3. The molecule has 0 unspecified atom stereocenters. The van der Waals surface area contributed by atoms with Gasteiger partial charge in [-0.3, -0.25) is 0 Å². The van der Waals surface area contributed by atoms with Crippen molar-refractivity contribution in [1.29, 1.82) is 0 Å². The molecule has 108 valence electrons. The predicted molar refractivity (Wildman–Crippen MR) is 75.4 cm³/mol. The van der Waals surface area contributed by atoms with Gasteiger partial charge in [-0.05, 0) is 48.5 Å². The van der Waals surface area contributed by atoms with E-state index < -0.39 is 12.6 Å². The molecule has 0 aliphatic carbocycles. The monoisotopic (exact) mass is 287 g/mol. The van der Waals surface area contributed by atoms with E-state index >= 15 is 0 Å². The second kappa shape index (κ2) is 6.42. The largest absolute Gasteiger partial charge is 0.508 e. The standard InChI is InChI=1S/C15H13NO5/c17-12-5-1-10(2-6-12)15(16-21-9-14(19)20)11-3-7-13(18)8-4-11/h1-8,17-18H,9H2,(H,19,20). The van der Waals surface area contributed by atoms with E-state index in [-0.39, 0.29) is 11.5 Å². The zero-order chi connectivity index (χ0) is 15.2. The number of carboxylic acids is 1. The SMILES string of the molecule is O=C(O)CON=C(c1ccc(O)cc1)c1ccc(O)cc1. The summed E-state index contributed by atoms with van der Waals surface area (Å²) >= 11 is 0. The number of hydrogen-bond acceptors (Lipinski definition) is 5. The highest BCUT2D eigenvalue weighted by atomic mass is 16.6. The first-order chi connectivity index (χ1) is 10.1. The molecule has 0 bridgehead atoms. The molecule has 2 aromatic carbocycles. The number of nitrogens with zero attached hydrogens (tertiary/aromatic N) is 1. The lowest BCUT2D eigenvalue weighted by atomic mass is 10.0. The Labute approximate surface area is 120 Å². The zero-order valence-electron chi connectivity index (χ0n) is 10.9. The van der Waals surface area contributed by atoms with Crippen molar-refractivity contribution in [2.24, 2.45) is 5.16 Å². The summed E-state index contributed by atoms with van der Waals surface area (Å²) in [6.07, 6.45) is 0. The maximum absolute atomic E-state index is 10.5. The van der Waals surface area contributed by atoms with Gasteiger partial charge in [-0.25, -0.2) is 4.79 Å². The van der Waals surface area contributed by atoms with Crippen LogP contribution in [0.4, 0.5) is 0 Å². The minimum Gasteiger partial charge on any atom is -0.508 e. The van der Waals surface area contributed by atoms with Gasteiger partial charge in [0, 0.05) is 11.1 Å². The average Bonchev–Trinajstić information content (AvgIpc) is 2.46. The molecule has 0 amide bonds. The van der Waals surface area contributed by atoms with Gasteiger partial charge in [-0.2, -0.15) is 0 Å². The highest BCUT2D eigenvalue weighted by molar-refractivity contribution is 6.12. The van der Waals surface area contributed by atoms with Crippen LogP contribution < -0.4 is 0 Å². The van der Waals surface area contributed by atoms with Crippen LogP contribution >= 0.6 is 0 Å². The van der Waals surface area contributed by atoms with Gasteiger partial charge >= 0.3 is 5.97 Å². The summed E-state index contributed by atoms with van der Waals surface area (Å²) in [7, 11) is 0. The number of rotatable bonds is 5. The van der Waals surface area contributed by atoms with Crippen molar-refractivity contribution >= 4 is 11.7 Å². The molecule has 21 heavy (non-hydrogen) atoms. The molecule has 0 saturated carbocycles. The van der Waals surface area contributed by atoms with E-state index in [9.17, 15) is 15.0 Å². The van der Waals surface area contributed by atoms with Crippen LogP contribution in [0.1, 0.15) is 11.1 Å². The fourth-order valence-corrected chi connectivity index (χ4v) is 1.66. The van der Waals surface area contributed by atoms with Gasteiger partial charge in [0.15, 0.2) is 0 Å². The molecular formula is C15H13NO5. The number of oxime groups is 1. The van der Waals surface area contributed by atoms with Crippen LogP contribution in [-0.4, -0.2) is 33.6 Å². The van der Waals surface area contributed by atoms with E-state index in [1.807, 2.05) is 0 Å². The Morgan fingerprint density at radius 3 is 1.71 bits per heavy atom. The van der Waals surface area contributed by atoms with Crippen molar-refractivity contribution in [2.45, 2.75) is 0 Å². The number of aliphatic carboxylic acids is 1. The van der Waals surface area contributed by atoms with Crippen molar-refractivity contribution in [3.8, 4) is 11.5 Å². The predicted octanol–water partition coefficient (Wildman–Crippen LogP) is 1.95. The van der Waals surface area contributed by atoms with E-state index in [2.05, 4.69) is 5.16 Å². The van der Waals surface area contributed by atoms with Crippen molar-refractivity contribution < 1.29 is 25.0 Å². The average molecular weight is 287 g/mol. The molecule has 0 spiro atoms. The fraction of sp³-hybridized carbons (Fsp3) is 0.0667. The molecule has 2 rings (SSSR count). The van der Waals surface area contributed by atoms with Crippen molar-refractivity contribution in [1.82, 2.24) is 0 Å². The highest BCUT2D eigenvalue weighted by Crippen LogP contribution is 2.17. The smallest absolute Gasteiger partial charge is 0.344 e. The molecule has 0 radical (unpaired) electrons. The van der Waals surface area contributed by atoms with Crippen LogP contribution in [0.3, 0.4) is 0 Å². The molecule has 0 aromatic heterocycles. The molecule has 0 fully saturated rings. The summed E-state index contributed by atoms with van der Waals surface area (Å²) in [4.78, 5) is 15.3. The second-order valence-electron chi connectivity index (χ2n) is 4.20. The molecule has 0 heterocycles. The van der Waals surface area contributed by atoms with Gasteiger partial charge in [-0.15, -0.1) is 0 Å². The zero-order valence-corrected chi connectivity index (χ0v) is 10.9. The van der Waals surface area contributed by atoms with E-state index in [1.165, 1.54) is 24.3 Å². The molecule has 3 N–H and O–H groups in total. The van der Waals surface area contributed by atoms with Crippen molar-refractivity contribution in [2.75, 3.05) is 6.61 Å². The molecule has 0 saturated heterocycles. The lowest BCUT2D eigenvalue weighted by Crippen LogP contribution is -2.08. The first-order valence-corrected chi connectivity index (χ1v) is 6.07. The first kappa shape index (κ1) is 14.4. The van der Waals surface area contributed by atoms with Crippen LogP contribution in [0.25, 0.3) is 0 Å². The summed E-state index contributed by atoms with van der Waals surface area (Å²) in [6.45, 7) is -0.556. The van der Waals surface area contributed by atoms with E-state index in [4.69, 9.17) is 9.94 Å². The Morgan fingerprint density at radius 2 is 1.33 bits per heavy atom. The molecular weight excluding hydrogens is 274 g/mol. The van der Waals surface area contributed by atoms with Crippen LogP contribution in [-0.2, 0) is 9.63 Å². The third kappa shape index (κ3) is 3.97. The highest BCUT2D eigenvalue weighted by Gasteiger charge is 2.09. The van der Waals surface area contributed by atoms with Gasteiger partial charge in [0.1, 0.15) is 17.2 Å². The van der Waals surface area contributed by atoms with Crippen molar-refractivity contribution in [3.63, 3.8) is 0 Å². The van der Waals surface area contributed by atoms with E-state index in [1.54, 1.807) is 24.3 Å². The Bertz CT molecular complexity index is 599. The van der Waals surface area contributed by atoms with E-state index in [0.29, 0.717) is 16.8 Å². The summed E-state index contributed by atoms with van der Waals surface area (Å²) in [5.74, 6) is -0.917. The number of phenolic OH excluding ortho intramolecular Hbond substituents is 2. The number of phenols is 2. The maximum atomic E-state index is 10.5. The number of aromatic hydroxyl groups is 2. The quantitative estimate of drug-likeness (QED) is 0.576. The molecule has 0 atom stereocenters. The maximum Gasteiger partial charge on any atom is 0.344 e. The Hall–Kier alpha value is -3.02. The number of benzene rings is 2. The molecule has 6 heteroatoms. The summed E-state index contributed by atoms with van der Waals surface area (Å²) in [5, 5.41) is 31.0. The number of carbonyl (C=O) groups is 1. The third-order valence-corrected chi connectivity index (χ3v) is 2.63. The molecule has 6 nitrogen and oxygen atoms in total. The molecule has 0 aliphatic rings. The van der Waals surface area contributed by atoms with Crippen molar-refractivity contribution in [3.05, 3.63) is 59.7 Å². The van der Waals surface area contributed by atoms with Crippen LogP contribution in [0.15, 0.2) is 53.7 Å². The fourth-order valence-electron chi connectivity index (χ4n) is 1.66. The van der Waals surface area contributed by atoms with E-state index in [0.717, 1.165) is 0 Å². The topological polar surface area (TPSA) is 99.4 Å². The van der Waals surface area contributed by atoms with Crippen LogP contribution in [0.5, 0.6) is 11.5 Å². The van der Waals surface area contributed by atoms with Gasteiger partial charge < -0.3 is 20.2 Å².